The summed E-state index contributed by atoms with van der Waals surface area (Å²) in [4.78, 5) is 18.3. The predicted octanol–water partition coefficient (Wildman–Crippen LogP) is 3.61. The van der Waals surface area contributed by atoms with Crippen LogP contribution in [0.5, 0.6) is 0 Å². The highest BCUT2D eigenvalue weighted by atomic mass is 32.1. The van der Waals surface area contributed by atoms with Crippen molar-refractivity contribution in [2.75, 3.05) is 18.2 Å². The Labute approximate surface area is 151 Å². The average Bonchev–Trinajstić information content (AvgIpc) is 3.32. The molecule has 0 bridgehead atoms. The van der Waals surface area contributed by atoms with Crippen molar-refractivity contribution in [3.8, 4) is 0 Å². The van der Waals surface area contributed by atoms with Crippen LogP contribution >= 0.6 is 22.7 Å². The van der Waals surface area contributed by atoms with Gasteiger partial charge in [0.25, 0.3) is 0 Å². The number of benzene rings is 1. The molecule has 1 aromatic carbocycles. The zero-order chi connectivity index (χ0) is 17.1. The fraction of sp³-hybridized carbons (Fsp3) is 0.118. The Kier molecular flexibility index (Phi) is 4.45. The van der Waals surface area contributed by atoms with Crippen LogP contribution in [-0.4, -0.2) is 30.3 Å². The maximum absolute atomic E-state index is 12.8. The molecule has 1 amide bonds. The molecule has 3 aromatic rings. The number of anilines is 1. The van der Waals surface area contributed by atoms with Crippen molar-refractivity contribution in [3.05, 3.63) is 58.7 Å². The van der Waals surface area contributed by atoms with Gasteiger partial charge in [-0.15, -0.1) is 11.3 Å². The summed E-state index contributed by atoms with van der Waals surface area (Å²) >= 11 is 2.93. The molecule has 0 saturated carbocycles. The van der Waals surface area contributed by atoms with E-state index in [2.05, 4.69) is 10.1 Å². The number of rotatable bonds is 4. The Balaban J connectivity index is 1.71. The Morgan fingerprint density at radius 1 is 1.24 bits per heavy atom. The van der Waals surface area contributed by atoms with Crippen LogP contribution in [0.4, 0.5) is 5.13 Å². The van der Waals surface area contributed by atoms with Gasteiger partial charge in [-0.2, -0.15) is 10.1 Å². The summed E-state index contributed by atoms with van der Waals surface area (Å²) in [6.07, 6.45) is 2.96. The lowest BCUT2D eigenvalue weighted by atomic mass is 10.3. The van der Waals surface area contributed by atoms with E-state index in [0.717, 1.165) is 15.1 Å². The van der Waals surface area contributed by atoms with E-state index in [4.69, 9.17) is 9.47 Å². The van der Waals surface area contributed by atoms with Gasteiger partial charge in [0.2, 0.25) is 10.9 Å². The van der Waals surface area contributed by atoms with Gasteiger partial charge >= 0.3 is 5.91 Å². The van der Waals surface area contributed by atoms with Crippen molar-refractivity contribution in [1.29, 1.82) is 0 Å². The second-order valence-electron chi connectivity index (χ2n) is 5.04. The van der Waals surface area contributed by atoms with Gasteiger partial charge in [0.05, 0.1) is 16.4 Å². The minimum atomic E-state index is -0.411. The number of amides is 1. The standard InChI is InChI=1S/C17H13N3O3S2/c21-16(14-11-22-7-8-23-14)20(18-10-12-4-3-9-24-12)17-19-13-5-1-2-6-15(13)25-17/h1-6,9-11H,7-8H2/b18-10-. The molecule has 0 fully saturated rings. The normalized spacial score (nSPS) is 14.2. The van der Waals surface area contributed by atoms with E-state index >= 15 is 0 Å². The molecule has 0 aliphatic carbocycles. The third-order valence-electron chi connectivity index (χ3n) is 3.36. The Hall–Kier alpha value is -2.71. The smallest absolute Gasteiger partial charge is 0.319 e. The second-order valence-corrected chi connectivity index (χ2v) is 7.03. The Morgan fingerprint density at radius 2 is 2.16 bits per heavy atom. The van der Waals surface area contributed by atoms with Gasteiger partial charge in [-0.25, -0.2) is 4.98 Å². The highest BCUT2D eigenvalue weighted by molar-refractivity contribution is 7.22. The molecular weight excluding hydrogens is 358 g/mol. The number of thiophene rings is 1. The predicted molar refractivity (Wildman–Crippen MR) is 99.0 cm³/mol. The average molecular weight is 371 g/mol. The van der Waals surface area contributed by atoms with E-state index in [9.17, 15) is 4.79 Å². The summed E-state index contributed by atoms with van der Waals surface area (Å²) in [6, 6.07) is 11.6. The fourth-order valence-corrected chi connectivity index (χ4v) is 3.71. The van der Waals surface area contributed by atoms with Gasteiger partial charge < -0.3 is 9.47 Å². The first-order chi connectivity index (χ1) is 12.3. The number of hydrogen-bond donors (Lipinski definition) is 0. The molecule has 6 nitrogen and oxygen atoms in total. The number of thiazole rings is 1. The molecule has 8 heteroatoms. The van der Waals surface area contributed by atoms with E-state index in [1.165, 1.54) is 33.9 Å². The zero-order valence-electron chi connectivity index (χ0n) is 13.0. The molecule has 0 radical (unpaired) electrons. The summed E-state index contributed by atoms with van der Waals surface area (Å²) in [7, 11) is 0. The van der Waals surface area contributed by atoms with Crippen LogP contribution < -0.4 is 5.01 Å². The first kappa shape index (κ1) is 15.8. The summed E-state index contributed by atoms with van der Waals surface area (Å²) in [5, 5.41) is 8.03. The van der Waals surface area contributed by atoms with E-state index < -0.39 is 5.91 Å². The number of carbonyl (C=O) groups is 1. The van der Waals surface area contributed by atoms with Crippen molar-refractivity contribution in [3.63, 3.8) is 0 Å². The van der Waals surface area contributed by atoms with Crippen LogP contribution in [-0.2, 0) is 14.3 Å². The quantitative estimate of drug-likeness (QED) is 0.519. The molecule has 0 unspecified atom stereocenters. The maximum Gasteiger partial charge on any atom is 0.319 e. The molecule has 4 rings (SSSR count). The monoisotopic (exact) mass is 371 g/mol. The van der Waals surface area contributed by atoms with E-state index in [-0.39, 0.29) is 5.76 Å². The molecule has 126 valence electrons. The van der Waals surface area contributed by atoms with Crippen molar-refractivity contribution in [1.82, 2.24) is 4.98 Å². The largest absolute Gasteiger partial charge is 0.494 e. The lowest BCUT2D eigenvalue weighted by molar-refractivity contribution is -0.119. The van der Waals surface area contributed by atoms with Crippen molar-refractivity contribution < 1.29 is 14.3 Å². The first-order valence-electron chi connectivity index (χ1n) is 7.53. The molecule has 2 aromatic heterocycles. The maximum atomic E-state index is 12.8. The van der Waals surface area contributed by atoms with E-state index in [0.29, 0.717) is 18.3 Å². The second kappa shape index (κ2) is 7.04. The van der Waals surface area contributed by atoms with Crippen LogP contribution in [0, 0.1) is 0 Å². The highest BCUT2D eigenvalue weighted by Crippen LogP contribution is 2.30. The molecule has 0 N–H and O–H groups in total. The summed E-state index contributed by atoms with van der Waals surface area (Å²) in [5.74, 6) is -0.291. The molecule has 1 aliphatic heterocycles. The topological polar surface area (TPSA) is 64.0 Å². The van der Waals surface area contributed by atoms with Crippen LogP contribution in [0.15, 0.2) is 58.9 Å². The summed E-state index contributed by atoms with van der Waals surface area (Å²) in [5.41, 5.74) is 0.821. The lowest BCUT2D eigenvalue weighted by Crippen LogP contribution is -2.30. The van der Waals surface area contributed by atoms with Crippen molar-refractivity contribution >= 4 is 50.1 Å². The molecule has 1 aliphatic rings. The van der Waals surface area contributed by atoms with Crippen LogP contribution in [0.25, 0.3) is 10.2 Å². The van der Waals surface area contributed by atoms with Gasteiger partial charge in [0.15, 0.2) is 0 Å². The molecule has 0 saturated heterocycles. The minimum absolute atomic E-state index is 0.119. The molecule has 25 heavy (non-hydrogen) atoms. The number of fused-ring (bicyclic) bond motifs is 1. The number of hydrazone groups is 1. The minimum Gasteiger partial charge on any atom is -0.494 e. The molecule has 0 atom stereocenters. The van der Waals surface area contributed by atoms with Crippen LogP contribution in [0.1, 0.15) is 4.88 Å². The van der Waals surface area contributed by atoms with Gasteiger partial charge in [-0.05, 0) is 23.6 Å². The van der Waals surface area contributed by atoms with E-state index in [1.807, 2.05) is 41.8 Å². The number of hydrogen-bond acceptors (Lipinski definition) is 7. The van der Waals surface area contributed by atoms with Gasteiger partial charge in [0.1, 0.15) is 19.5 Å². The molecule has 0 spiro atoms. The van der Waals surface area contributed by atoms with E-state index in [1.54, 1.807) is 6.21 Å². The highest BCUT2D eigenvalue weighted by Gasteiger charge is 2.26. The third-order valence-corrected chi connectivity index (χ3v) is 5.18. The lowest BCUT2D eigenvalue weighted by Gasteiger charge is -2.18. The van der Waals surface area contributed by atoms with Gasteiger partial charge in [-0.3, -0.25) is 4.79 Å². The fourth-order valence-electron chi connectivity index (χ4n) is 2.20. The van der Waals surface area contributed by atoms with Crippen molar-refractivity contribution in [2.24, 2.45) is 5.10 Å². The Bertz CT molecular complexity index is 914. The zero-order valence-corrected chi connectivity index (χ0v) is 14.6. The number of aromatic nitrogens is 1. The van der Waals surface area contributed by atoms with Gasteiger partial charge in [-0.1, -0.05) is 29.5 Å². The van der Waals surface area contributed by atoms with Gasteiger partial charge in [0, 0.05) is 4.88 Å². The van der Waals surface area contributed by atoms with Crippen LogP contribution in [0.2, 0.25) is 0 Å². The number of carbonyl (C=O) groups excluding carboxylic acids is 1. The molecule has 3 heterocycles. The third kappa shape index (κ3) is 3.40. The number of ether oxygens (including phenoxy) is 2. The number of nitrogens with zero attached hydrogens (tertiary/aromatic N) is 3. The number of para-hydroxylation sites is 1. The van der Waals surface area contributed by atoms with Crippen molar-refractivity contribution in [2.45, 2.75) is 0 Å². The Morgan fingerprint density at radius 3 is 2.92 bits per heavy atom. The molecular formula is C17H13N3O3S2. The first-order valence-corrected chi connectivity index (χ1v) is 9.23. The van der Waals surface area contributed by atoms with Crippen LogP contribution in [0.3, 0.4) is 0 Å². The SMILES string of the molecule is O=C(C1=COCCO1)N(/N=C\c1cccs1)c1nc2ccccc2s1. The summed E-state index contributed by atoms with van der Waals surface area (Å²) in [6.45, 7) is 0.760. The summed E-state index contributed by atoms with van der Waals surface area (Å²) < 4.78 is 11.6.